The second kappa shape index (κ2) is 3.77. The van der Waals surface area contributed by atoms with Gasteiger partial charge in [-0.1, -0.05) is 12.8 Å². The summed E-state index contributed by atoms with van der Waals surface area (Å²) >= 11 is 0. The molecule has 2 aliphatic carbocycles. The molecule has 2 fully saturated rings. The van der Waals surface area contributed by atoms with Gasteiger partial charge < -0.3 is 16.4 Å². The maximum absolute atomic E-state index is 11.5. The summed E-state index contributed by atoms with van der Waals surface area (Å²) in [5.74, 6) is 0. The van der Waals surface area contributed by atoms with E-state index in [0.717, 1.165) is 25.7 Å². The van der Waals surface area contributed by atoms with E-state index in [2.05, 4.69) is 10.6 Å². The van der Waals surface area contributed by atoms with Crippen molar-refractivity contribution in [1.82, 2.24) is 10.6 Å². The average Bonchev–Trinajstić information content (AvgIpc) is 2.74. The maximum Gasteiger partial charge on any atom is 0.315 e. The Morgan fingerprint density at radius 3 is 2.50 bits per heavy atom. The molecule has 0 unspecified atom stereocenters. The summed E-state index contributed by atoms with van der Waals surface area (Å²) < 4.78 is 0. The summed E-state index contributed by atoms with van der Waals surface area (Å²) in [4.78, 5) is 11.5. The van der Waals surface area contributed by atoms with Gasteiger partial charge in [-0.2, -0.15) is 0 Å². The number of amides is 2. The van der Waals surface area contributed by atoms with Gasteiger partial charge in [0.1, 0.15) is 0 Å². The van der Waals surface area contributed by atoms with Crippen molar-refractivity contribution in [2.75, 3.05) is 6.54 Å². The molecule has 0 aromatic heterocycles. The topological polar surface area (TPSA) is 67.1 Å². The molecule has 2 aliphatic rings. The predicted octanol–water partition coefficient (Wildman–Crippen LogP) is 0.719. The molecule has 0 atom stereocenters. The first-order chi connectivity index (χ1) is 6.74. The van der Waals surface area contributed by atoms with Crippen molar-refractivity contribution in [2.45, 2.75) is 50.1 Å². The van der Waals surface area contributed by atoms with E-state index in [4.69, 9.17) is 5.73 Å². The van der Waals surface area contributed by atoms with Gasteiger partial charge in [0.2, 0.25) is 0 Å². The minimum Gasteiger partial charge on any atom is -0.335 e. The molecule has 0 radical (unpaired) electrons. The van der Waals surface area contributed by atoms with Crippen molar-refractivity contribution < 1.29 is 4.79 Å². The molecular formula is C10H19N3O. The highest BCUT2D eigenvalue weighted by molar-refractivity contribution is 5.75. The number of urea groups is 1. The van der Waals surface area contributed by atoms with E-state index in [0.29, 0.717) is 12.6 Å². The van der Waals surface area contributed by atoms with Crippen LogP contribution in [0.15, 0.2) is 0 Å². The van der Waals surface area contributed by atoms with Gasteiger partial charge >= 0.3 is 6.03 Å². The van der Waals surface area contributed by atoms with Crippen LogP contribution in [0.4, 0.5) is 4.79 Å². The lowest BCUT2D eigenvalue weighted by Crippen LogP contribution is -2.49. The van der Waals surface area contributed by atoms with Gasteiger partial charge in [0.15, 0.2) is 0 Å². The van der Waals surface area contributed by atoms with Crippen molar-refractivity contribution in [3.8, 4) is 0 Å². The lowest BCUT2D eigenvalue weighted by Gasteiger charge is -2.18. The van der Waals surface area contributed by atoms with Crippen LogP contribution in [-0.4, -0.2) is 24.2 Å². The molecule has 0 aromatic rings. The monoisotopic (exact) mass is 197 g/mol. The summed E-state index contributed by atoms with van der Waals surface area (Å²) in [6, 6.07) is 0.364. The highest BCUT2D eigenvalue weighted by Crippen LogP contribution is 2.33. The Labute approximate surface area is 84.6 Å². The van der Waals surface area contributed by atoms with Crippen molar-refractivity contribution in [3.63, 3.8) is 0 Å². The third kappa shape index (κ3) is 2.18. The molecule has 0 spiro atoms. The van der Waals surface area contributed by atoms with Crippen LogP contribution in [0.1, 0.15) is 38.5 Å². The van der Waals surface area contributed by atoms with E-state index < -0.39 is 0 Å². The second-order valence-electron chi connectivity index (χ2n) is 4.56. The smallest absolute Gasteiger partial charge is 0.315 e. The maximum atomic E-state index is 11.5. The molecule has 2 saturated carbocycles. The van der Waals surface area contributed by atoms with Gasteiger partial charge in [-0.25, -0.2) is 4.79 Å². The van der Waals surface area contributed by atoms with Crippen molar-refractivity contribution in [3.05, 3.63) is 0 Å². The molecule has 2 amide bonds. The average molecular weight is 197 g/mol. The van der Waals surface area contributed by atoms with Crippen LogP contribution < -0.4 is 16.4 Å². The Bertz CT molecular complexity index is 219. The zero-order valence-corrected chi connectivity index (χ0v) is 8.51. The zero-order valence-electron chi connectivity index (χ0n) is 8.51. The molecule has 0 aliphatic heterocycles. The molecule has 14 heavy (non-hydrogen) atoms. The lowest BCUT2D eigenvalue weighted by atomic mass is 10.2. The van der Waals surface area contributed by atoms with Gasteiger partial charge in [-0.05, 0) is 25.7 Å². The van der Waals surface area contributed by atoms with E-state index >= 15 is 0 Å². The Kier molecular flexibility index (Phi) is 2.63. The van der Waals surface area contributed by atoms with Gasteiger partial charge in [-0.3, -0.25) is 0 Å². The third-order valence-corrected chi connectivity index (χ3v) is 3.31. The number of hydrogen-bond donors (Lipinski definition) is 3. The first-order valence-corrected chi connectivity index (χ1v) is 5.53. The Morgan fingerprint density at radius 1 is 1.36 bits per heavy atom. The molecule has 4 heteroatoms. The molecular weight excluding hydrogens is 178 g/mol. The van der Waals surface area contributed by atoms with Crippen LogP contribution in [0, 0.1) is 0 Å². The lowest BCUT2D eigenvalue weighted by molar-refractivity contribution is 0.232. The molecule has 0 bridgehead atoms. The molecule has 80 valence electrons. The largest absolute Gasteiger partial charge is 0.335 e. The van der Waals surface area contributed by atoms with Crippen LogP contribution in [0.3, 0.4) is 0 Å². The predicted molar refractivity (Wildman–Crippen MR) is 54.9 cm³/mol. The summed E-state index contributed by atoms with van der Waals surface area (Å²) in [6.45, 7) is 0.561. The number of nitrogens with one attached hydrogen (secondary N) is 2. The molecule has 0 aromatic carbocycles. The first-order valence-electron chi connectivity index (χ1n) is 5.53. The minimum atomic E-state index is -0.0668. The van der Waals surface area contributed by atoms with E-state index in [1.165, 1.54) is 12.8 Å². The van der Waals surface area contributed by atoms with Crippen molar-refractivity contribution in [2.24, 2.45) is 5.73 Å². The van der Waals surface area contributed by atoms with Crippen LogP contribution in [0.5, 0.6) is 0 Å². The fourth-order valence-corrected chi connectivity index (χ4v) is 2.06. The fourth-order valence-electron chi connectivity index (χ4n) is 2.06. The van der Waals surface area contributed by atoms with Crippen LogP contribution in [0.2, 0.25) is 0 Å². The third-order valence-electron chi connectivity index (χ3n) is 3.31. The summed E-state index contributed by atoms with van der Waals surface area (Å²) in [5.41, 5.74) is 5.52. The quantitative estimate of drug-likeness (QED) is 0.624. The second-order valence-corrected chi connectivity index (χ2v) is 4.56. The highest BCUT2D eigenvalue weighted by atomic mass is 16.2. The van der Waals surface area contributed by atoms with Gasteiger partial charge in [-0.15, -0.1) is 0 Å². The SMILES string of the molecule is NCC1(NC(=O)NC2CCCC2)CC1. The van der Waals surface area contributed by atoms with Crippen LogP contribution in [-0.2, 0) is 0 Å². The molecule has 2 rings (SSSR count). The van der Waals surface area contributed by atoms with Gasteiger partial charge in [0.05, 0.1) is 5.54 Å². The Hall–Kier alpha value is -0.770. The first kappa shape index (κ1) is 9.77. The fraction of sp³-hybridized carbons (Fsp3) is 0.900. The molecule has 4 nitrogen and oxygen atoms in total. The molecule has 0 heterocycles. The normalized spacial score (nSPS) is 24.6. The molecule has 0 saturated heterocycles. The van der Waals surface area contributed by atoms with Crippen molar-refractivity contribution in [1.29, 1.82) is 0 Å². The number of carbonyl (C=O) groups is 1. The van der Waals surface area contributed by atoms with Crippen LogP contribution >= 0.6 is 0 Å². The number of rotatable bonds is 3. The van der Waals surface area contributed by atoms with Crippen molar-refractivity contribution >= 4 is 6.03 Å². The standard InChI is InChI=1S/C10H19N3O/c11-7-10(5-6-10)13-9(14)12-8-3-1-2-4-8/h8H,1-7,11H2,(H2,12,13,14). The summed E-state index contributed by atoms with van der Waals surface area (Å²) in [5, 5.41) is 5.97. The van der Waals surface area contributed by atoms with E-state index in [1.54, 1.807) is 0 Å². The Morgan fingerprint density at radius 2 is 2.00 bits per heavy atom. The number of carbonyl (C=O) groups excluding carboxylic acids is 1. The minimum absolute atomic E-state index is 0.0279. The highest BCUT2D eigenvalue weighted by Gasteiger charge is 2.42. The van der Waals surface area contributed by atoms with Crippen LogP contribution in [0.25, 0.3) is 0 Å². The summed E-state index contributed by atoms with van der Waals surface area (Å²) in [6.07, 6.45) is 6.80. The Balaban J connectivity index is 1.73. The van der Waals surface area contributed by atoms with E-state index in [9.17, 15) is 4.79 Å². The number of hydrogen-bond acceptors (Lipinski definition) is 2. The van der Waals surface area contributed by atoms with Gasteiger partial charge in [0, 0.05) is 12.6 Å². The summed E-state index contributed by atoms with van der Waals surface area (Å²) in [7, 11) is 0. The molecule has 4 N–H and O–H groups in total. The van der Waals surface area contributed by atoms with E-state index in [1.807, 2.05) is 0 Å². The van der Waals surface area contributed by atoms with Gasteiger partial charge in [0.25, 0.3) is 0 Å². The van der Waals surface area contributed by atoms with E-state index in [-0.39, 0.29) is 11.6 Å². The number of nitrogens with two attached hydrogens (primary N) is 1. The zero-order chi connectivity index (χ0) is 10.0.